The Morgan fingerprint density at radius 2 is 1.89 bits per heavy atom. The largest absolute Gasteiger partial charge is 0.350 e. The molecule has 0 bridgehead atoms. The van der Waals surface area contributed by atoms with Gasteiger partial charge in [0.2, 0.25) is 5.91 Å². The van der Waals surface area contributed by atoms with Crippen LogP contribution in [0, 0.1) is 6.92 Å². The van der Waals surface area contributed by atoms with Crippen LogP contribution in [0.15, 0.2) is 72.1 Å². The van der Waals surface area contributed by atoms with Gasteiger partial charge in [-0.1, -0.05) is 61.0 Å². The summed E-state index contributed by atoms with van der Waals surface area (Å²) in [6, 6.07) is 21.7. The highest BCUT2D eigenvalue weighted by atomic mass is 32.1. The Morgan fingerprint density at radius 1 is 1.11 bits per heavy atom. The number of thiophene rings is 1. The monoisotopic (exact) mass is 484 g/mol. The highest BCUT2D eigenvalue weighted by Gasteiger charge is 2.49. The molecule has 7 heteroatoms. The van der Waals surface area contributed by atoms with Crippen LogP contribution < -0.4 is 10.2 Å². The third-order valence-corrected chi connectivity index (χ3v) is 7.50. The van der Waals surface area contributed by atoms with Crippen molar-refractivity contribution in [2.45, 2.75) is 45.8 Å². The molecule has 2 aromatic carbocycles. The van der Waals surface area contributed by atoms with Gasteiger partial charge in [-0.05, 0) is 55.0 Å². The number of para-hydroxylation sites is 1. The number of anilines is 1. The van der Waals surface area contributed by atoms with Crippen molar-refractivity contribution in [2.75, 3.05) is 4.90 Å². The lowest BCUT2D eigenvalue weighted by Gasteiger charge is -2.43. The Balaban J connectivity index is 1.55. The molecule has 2 aromatic heterocycles. The van der Waals surface area contributed by atoms with Gasteiger partial charge < -0.3 is 5.32 Å². The number of hydrogen-bond acceptors (Lipinski definition) is 4. The lowest BCUT2D eigenvalue weighted by molar-refractivity contribution is -0.126. The minimum absolute atomic E-state index is 0.212. The van der Waals surface area contributed by atoms with Crippen LogP contribution in [0.4, 0.5) is 5.69 Å². The van der Waals surface area contributed by atoms with Crippen molar-refractivity contribution < 1.29 is 9.59 Å². The number of nitrogens with zero attached hydrogens (tertiary/aromatic N) is 3. The standard InChI is InChI=1S/C28H28N4O2S/c1-4-21-8-5-6-9-23(21)32-26(33)24-16-22(25-10-7-15-35-25)30-31(24)18-28(32,3)27(34)29-17-20-13-11-19(2)12-14-20/h5-16H,4,17-18H2,1-3H3,(H,29,34)/t28-/m0/s1. The molecule has 0 unspecified atom stereocenters. The van der Waals surface area contributed by atoms with Gasteiger partial charge in [-0.15, -0.1) is 11.3 Å². The number of aryl methyl sites for hydroxylation is 2. The molecular weight excluding hydrogens is 456 g/mol. The molecule has 178 valence electrons. The molecule has 1 N–H and O–H groups in total. The van der Waals surface area contributed by atoms with Gasteiger partial charge in [-0.25, -0.2) is 0 Å². The lowest BCUT2D eigenvalue weighted by Crippen LogP contribution is -2.64. The fourth-order valence-electron chi connectivity index (χ4n) is 4.61. The number of amides is 2. The van der Waals surface area contributed by atoms with Gasteiger partial charge in [0.1, 0.15) is 16.9 Å². The molecular formula is C28H28N4O2S. The number of carbonyl (C=O) groups is 2. The lowest BCUT2D eigenvalue weighted by atomic mass is 9.92. The third-order valence-electron chi connectivity index (χ3n) is 6.60. The van der Waals surface area contributed by atoms with E-state index >= 15 is 0 Å². The number of aromatic nitrogens is 2. The third kappa shape index (κ3) is 4.17. The quantitative estimate of drug-likeness (QED) is 0.408. The summed E-state index contributed by atoms with van der Waals surface area (Å²) in [6.45, 7) is 6.57. The molecule has 35 heavy (non-hydrogen) atoms. The van der Waals surface area contributed by atoms with Crippen molar-refractivity contribution in [3.63, 3.8) is 0 Å². The van der Waals surface area contributed by atoms with E-state index in [0.29, 0.717) is 12.2 Å². The molecule has 0 saturated heterocycles. The van der Waals surface area contributed by atoms with E-state index in [1.807, 2.05) is 86.0 Å². The maximum absolute atomic E-state index is 14.0. The first-order valence-electron chi connectivity index (χ1n) is 11.8. The van der Waals surface area contributed by atoms with E-state index < -0.39 is 5.54 Å². The van der Waals surface area contributed by atoms with Crippen molar-refractivity contribution in [2.24, 2.45) is 0 Å². The second-order valence-corrected chi connectivity index (χ2v) is 10.1. The van der Waals surface area contributed by atoms with Crippen LogP contribution in [-0.2, 0) is 24.3 Å². The number of hydrogen-bond donors (Lipinski definition) is 1. The Morgan fingerprint density at radius 3 is 2.60 bits per heavy atom. The van der Waals surface area contributed by atoms with Gasteiger partial charge in [0.25, 0.3) is 5.91 Å². The van der Waals surface area contributed by atoms with E-state index in [9.17, 15) is 9.59 Å². The minimum atomic E-state index is -1.15. The second kappa shape index (κ2) is 9.15. The van der Waals surface area contributed by atoms with Crippen molar-refractivity contribution in [3.05, 3.63) is 94.5 Å². The van der Waals surface area contributed by atoms with Crippen LogP contribution in [-0.4, -0.2) is 27.1 Å². The van der Waals surface area contributed by atoms with E-state index in [1.54, 1.807) is 20.9 Å². The highest BCUT2D eigenvalue weighted by molar-refractivity contribution is 7.13. The summed E-state index contributed by atoms with van der Waals surface area (Å²) in [5.74, 6) is -0.434. The summed E-state index contributed by atoms with van der Waals surface area (Å²) < 4.78 is 1.69. The minimum Gasteiger partial charge on any atom is -0.350 e. The van der Waals surface area contributed by atoms with Crippen LogP contribution in [0.5, 0.6) is 0 Å². The van der Waals surface area contributed by atoms with E-state index in [1.165, 1.54) is 5.56 Å². The fraction of sp³-hybridized carbons (Fsp3) is 0.250. The zero-order valence-electron chi connectivity index (χ0n) is 20.1. The average Bonchev–Trinajstić information content (AvgIpc) is 3.54. The molecule has 4 aromatic rings. The molecule has 1 aliphatic heterocycles. The van der Waals surface area contributed by atoms with Crippen molar-refractivity contribution >= 4 is 28.8 Å². The van der Waals surface area contributed by atoms with Gasteiger partial charge in [-0.3, -0.25) is 19.2 Å². The summed E-state index contributed by atoms with van der Waals surface area (Å²) >= 11 is 1.58. The molecule has 0 saturated carbocycles. The molecule has 0 radical (unpaired) electrons. The number of carbonyl (C=O) groups excluding carboxylic acids is 2. The van der Waals surface area contributed by atoms with Gasteiger partial charge in [0.05, 0.1) is 11.4 Å². The fourth-order valence-corrected chi connectivity index (χ4v) is 5.29. The summed E-state index contributed by atoms with van der Waals surface area (Å²) in [7, 11) is 0. The second-order valence-electron chi connectivity index (χ2n) is 9.11. The summed E-state index contributed by atoms with van der Waals surface area (Å²) in [5, 5.41) is 9.79. The number of rotatable bonds is 6. The van der Waals surface area contributed by atoms with Crippen LogP contribution in [0.2, 0.25) is 0 Å². The van der Waals surface area contributed by atoms with E-state index in [2.05, 4.69) is 12.2 Å². The summed E-state index contributed by atoms with van der Waals surface area (Å²) in [6.07, 6.45) is 0.751. The van der Waals surface area contributed by atoms with Crippen LogP contribution in [0.3, 0.4) is 0 Å². The Bertz CT molecular complexity index is 1370. The zero-order chi connectivity index (χ0) is 24.6. The maximum Gasteiger partial charge on any atom is 0.277 e. The normalized spacial score (nSPS) is 17.3. The van der Waals surface area contributed by atoms with E-state index in [0.717, 1.165) is 33.8 Å². The van der Waals surface area contributed by atoms with Gasteiger partial charge in [0, 0.05) is 12.2 Å². The predicted molar refractivity (Wildman–Crippen MR) is 140 cm³/mol. The number of fused-ring (bicyclic) bond motifs is 1. The Hall–Kier alpha value is -3.71. The molecule has 0 fully saturated rings. The molecule has 2 amide bonds. The van der Waals surface area contributed by atoms with Gasteiger partial charge in [0.15, 0.2) is 0 Å². The molecule has 1 atom stereocenters. The van der Waals surface area contributed by atoms with Crippen LogP contribution >= 0.6 is 11.3 Å². The molecule has 0 aliphatic carbocycles. The zero-order valence-corrected chi connectivity index (χ0v) is 20.9. The van der Waals surface area contributed by atoms with E-state index in [-0.39, 0.29) is 18.4 Å². The maximum atomic E-state index is 14.0. The highest BCUT2D eigenvalue weighted by Crippen LogP contribution is 2.36. The Labute approximate surface area is 209 Å². The molecule has 0 spiro atoms. The predicted octanol–water partition coefficient (Wildman–Crippen LogP) is 5.22. The molecule has 5 rings (SSSR count). The molecule has 3 heterocycles. The first kappa shape index (κ1) is 23.1. The van der Waals surface area contributed by atoms with Crippen LogP contribution in [0.1, 0.15) is 41.0 Å². The first-order valence-corrected chi connectivity index (χ1v) is 12.7. The molecule has 6 nitrogen and oxygen atoms in total. The SMILES string of the molecule is CCc1ccccc1N1C(=O)c2cc(-c3cccs3)nn2C[C@@]1(C)C(=O)NCc1ccc(C)cc1. The summed E-state index contributed by atoms with van der Waals surface area (Å²) in [5.41, 5.74) is 4.04. The smallest absolute Gasteiger partial charge is 0.277 e. The first-order chi connectivity index (χ1) is 16.9. The molecule has 1 aliphatic rings. The van der Waals surface area contributed by atoms with Crippen LogP contribution in [0.25, 0.3) is 10.6 Å². The van der Waals surface area contributed by atoms with E-state index in [4.69, 9.17) is 5.10 Å². The average molecular weight is 485 g/mol. The Kier molecular flexibility index (Phi) is 6.03. The number of benzene rings is 2. The number of nitrogens with one attached hydrogen (secondary N) is 1. The van der Waals surface area contributed by atoms with Crippen molar-refractivity contribution in [1.29, 1.82) is 0 Å². The van der Waals surface area contributed by atoms with Gasteiger partial charge >= 0.3 is 0 Å². The topological polar surface area (TPSA) is 67.2 Å². The van der Waals surface area contributed by atoms with Crippen molar-refractivity contribution in [1.82, 2.24) is 15.1 Å². The van der Waals surface area contributed by atoms with Crippen molar-refractivity contribution in [3.8, 4) is 10.6 Å². The van der Waals surface area contributed by atoms with Gasteiger partial charge in [-0.2, -0.15) is 5.10 Å². The summed E-state index contributed by atoms with van der Waals surface area (Å²) in [4.78, 5) is 30.4.